The molecular weight excluding hydrogens is 895 g/mol. The Hall–Kier alpha value is -5.46. The number of hydrogen-bond acceptors (Lipinski definition) is 14. The lowest BCUT2D eigenvalue weighted by atomic mass is 10.1. The summed E-state index contributed by atoms with van der Waals surface area (Å²) in [6.45, 7) is -1.77. The molecule has 0 fully saturated rings. The molecule has 20 nitrogen and oxygen atoms in total. The predicted molar refractivity (Wildman–Crippen MR) is 235 cm³/mol. The third kappa shape index (κ3) is 12.2. The molecule has 0 saturated heterocycles. The zero-order valence-electron chi connectivity index (χ0n) is 35.3. The number of rotatable bonds is 21. The fourth-order valence-electron chi connectivity index (χ4n) is 7.25. The quantitative estimate of drug-likeness (QED) is 0.0455. The Kier molecular flexibility index (Phi) is 17.4. The van der Waals surface area contributed by atoms with Crippen molar-refractivity contribution in [2.24, 2.45) is 0 Å². The van der Waals surface area contributed by atoms with Crippen molar-refractivity contribution in [2.75, 3.05) is 32.8 Å². The van der Waals surface area contributed by atoms with Crippen LogP contribution in [-0.2, 0) is 43.2 Å². The molecule has 1 aromatic heterocycles. The predicted octanol–water partition coefficient (Wildman–Crippen LogP) is 7.19. The molecule has 0 N–H and O–H groups in total. The van der Waals surface area contributed by atoms with Crippen molar-refractivity contribution in [1.29, 1.82) is 0 Å². The second-order valence-corrected chi connectivity index (χ2v) is 20.8. The third-order valence-electron chi connectivity index (χ3n) is 10.6. The lowest BCUT2D eigenvalue weighted by Crippen LogP contribution is -2.45. The molecule has 2 bridgehead atoms. The SMILES string of the molecule is CCCCCCCCCCCCOc1ccc2nc1CN(S(=O)(=O)c1ccccc1[N+](=O)[O-])CCN(S(=O)(=O)c1ccccc1[N+](=O)[O-])CCN(S(=O)(=O)c1ccccc1[N+](=O)[O-])C2. The molecule has 0 radical (unpaired) electrons. The Morgan fingerprint density at radius 2 is 0.891 bits per heavy atom. The number of nitro benzene ring substituents is 3. The number of pyridine rings is 1. The molecule has 23 heteroatoms. The standard InChI is InChI=1S/C41H51N7O13S3/c1-2-3-4-5-6-7-8-9-10-17-30-61-38-25-24-33-31-44(63(57,58)40-22-15-12-19-36(40)47(51)52)28-26-43(62(55,56)39-21-14-11-18-35(39)46(49)50)27-29-45(32-34(38)42-33)64(59,60)41-23-16-13-20-37(41)48(53)54/h11-16,18-25H,2-10,17,26-32H2,1H3. The first-order chi connectivity index (χ1) is 30.5. The van der Waals surface area contributed by atoms with E-state index in [0.29, 0.717) is 10.7 Å². The van der Waals surface area contributed by atoms with Crippen LogP contribution in [0.1, 0.15) is 82.5 Å². The smallest absolute Gasteiger partial charge is 0.289 e. The lowest BCUT2D eigenvalue weighted by Gasteiger charge is -2.30. The van der Waals surface area contributed by atoms with Crippen molar-refractivity contribution >= 4 is 47.1 Å². The van der Waals surface area contributed by atoms with Gasteiger partial charge in [-0.15, -0.1) is 0 Å². The van der Waals surface area contributed by atoms with Crippen LogP contribution in [-0.4, -0.2) is 90.7 Å². The fourth-order valence-corrected chi connectivity index (χ4v) is 11.9. The molecule has 346 valence electrons. The number of para-hydroxylation sites is 3. The summed E-state index contributed by atoms with van der Waals surface area (Å²) in [7, 11) is -14.6. The number of sulfonamides is 3. The van der Waals surface area contributed by atoms with Gasteiger partial charge < -0.3 is 4.74 Å². The molecule has 0 saturated carbocycles. The molecule has 0 spiro atoms. The van der Waals surface area contributed by atoms with Crippen LogP contribution in [0.4, 0.5) is 17.1 Å². The van der Waals surface area contributed by atoms with Gasteiger partial charge in [0.1, 0.15) is 5.75 Å². The summed E-state index contributed by atoms with van der Waals surface area (Å²) in [6.07, 6.45) is 10.6. The molecule has 5 rings (SSSR count). The highest BCUT2D eigenvalue weighted by atomic mass is 32.2. The van der Waals surface area contributed by atoms with Crippen molar-refractivity contribution in [1.82, 2.24) is 17.9 Å². The molecule has 4 aromatic rings. The fraction of sp³-hybridized carbons (Fsp3) is 0.439. The maximum absolute atomic E-state index is 14.5. The van der Waals surface area contributed by atoms with E-state index in [1.54, 1.807) is 0 Å². The summed E-state index contributed by atoms with van der Waals surface area (Å²) in [5.74, 6) is 0.108. The summed E-state index contributed by atoms with van der Waals surface area (Å²) in [4.78, 5) is 36.0. The van der Waals surface area contributed by atoms with Gasteiger partial charge >= 0.3 is 0 Å². The maximum atomic E-state index is 14.5. The van der Waals surface area contributed by atoms with Crippen LogP contribution in [0.25, 0.3) is 0 Å². The Bertz CT molecular complexity index is 2630. The number of ether oxygens (including phenoxy) is 1. The first-order valence-corrected chi connectivity index (χ1v) is 25.1. The van der Waals surface area contributed by atoms with E-state index < -0.39 is 116 Å². The van der Waals surface area contributed by atoms with E-state index in [-0.39, 0.29) is 23.7 Å². The summed E-state index contributed by atoms with van der Waals surface area (Å²) in [5.41, 5.74) is -2.35. The number of nitrogens with zero attached hydrogens (tertiary/aromatic N) is 7. The van der Waals surface area contributed by atoms with Crippen LogP contribution in [0.5, 0.6) is 5.75 Å². The molecule has 0 aliphatic carbocycles. The van der Waals surface area contributed by atoms with Crippen LogP contribution < -0.4 is 4.74 Å². The average Bonchev–Trinajstić information content (AvgIpc) is 3.27. The molecule has 1 aliphatic rings. The van der Waals surface area contributed by atoms with Gasteiger partial charge in [0.2, 0.25) is 30.1 Å². The Morgan fingerprint density at radius 3 is 1.33 bits per heavy atom. The molecule has 0 amide bonds. The minimum atomic E-state index is -4.94. The average molecular weight is 946 g/mol. The van der Waals surface area contributed by atoms with Gasteiger partial charge in [-0.1, -0.05) is 101 Å². The Morgan fingerprint density at radius 1 is 0.516 bits per heavy atom. The van der Waals surface area contributed by atoms with Crippen LogP contribution in [0.3, 0.4) is 0 Å². The topological polar surface area (TPSA) is 264 Å². The van der Waals surface area contributed by atoms with E-state index in [1.807, 2.05) is 0 Å². The molecule has 3 aromatic carbocycles. The third-order valence-corrected chi connectivity index (χ3v) is 16.4. The number of nitro groups is 3. The van der Waals surface area contributed by atoms with Gasteiger partial charge in [-0.25, -0.2) is 25.3 Å². The summed E-state index contributed by atoms with van der Waals surface area (Å²) in [5, 5.41) is 36.2. The minimum Gasteiger partial charge on any atom is -0.492 e. The lowest BCUT2D eigenvalue weighted by molar-refractivity contribution is -0.388. The molecule has 0 atom stereocenters. The van der Waals surface area contributed by atoms with Crippen LogP contribution >= 0.6 is 0 Å². The molecule has 2 heterocycles. The van der Waals surface area contributed by atoms with Gasteiger partial charge in [0.15, 0.2) is 14.7 Å². The van der Waals surface area contributed by atoms with Crippen LogP contribution in [0.15, 0.2) is 99.6 Å². The first-order valence-electron chi connectivity index (χ1n) is 20.8. The zero-order chi connectivity index (χ0) is 46.5. The highest BCUT2D eigenvalue weighted by Gasteiger charge is 2.38. The van der Waals surface area contributed by atoms with Gasteiger partial charge in [-0.05, 0) is 36.8 Å². The molecular formula is C41H51N7O13S3. The van der Waals surface area contributed by atoms with Gasteiger partial charge in [-0.2, -0.15) is 12.9 Å². The van der Waals surface area contributed by atoms with Crippen molar-refractivity contribution in [3.63, 3.8) is 0 Å². The Labute approximate surface area is 372 Å². The monoisotopic (exact) mass is 945 g/mol. The van der Waals surface area contributed by atoms with Crippen molar-refractivity contribution in [3.8, 4) is 5.75 Å². The van der Waals surface area contributed by atoms with E-state index >= 15 is 0 Å². The van der Waals surface area contributed by atoms with E-state index in [9.17, 15) is 55.6 Å². The van der Waals surface area contributed by atoms with Crippen LogP contribution in [0.2, 0.25) is 0 Å². The van der Waals surface area contributed by atoms with E-state index in [4.69, 9.17) is 4.74 Å². The number of hydrogen-bond donors (Lipinski definition) is 0. The van der Waals surface area contributed by atoms with Crippen molar-refractivity contribution < 1.29 is 44.8 Å². The van der Waals surface area contributed by atoms with Crippen LogP contribution in [0, 0.1) is 30.3 Å². The first kappa shape index (κ1) is 49.6. The van der Waals surface area contributed by atoms with Gasteiger partial charge in [0.25, 0.3) is 17.1 Å². The highest BCUT2D eigenvalue weighted by molar-refractivity contribution is 7.90. The summed E-state index contributed by atoms with van der Waals surface area (Å²) < 4.78 is 95.1. The largest absolute Gasteiger partial charge is 0.492 e. The van der Waals surface area contributed by atoms with E-state index in [0.717, 1.165) is 70.7 Å². The normalized spacial score (nSPS) is 14.9. The van der Waals surface area contributed by atoms with Crippen molar-refractivity contribution in [2.45, 2.75) is 98.9 Å². The Balaban J connectivity index is 1.59. The van der Waals surface area contributed by atoms with Crippen molar-refractivity contribution in [3.05, 3.63) is 127 Å². The van der Waals surface area contributed by atoms with Gasteiger partial charge in [-0.3, -0.25) is 35.3 Å². The molecule has 64 heavy (non-hydrogen) atoms. The second kappa shape index (κ2) is 22.4. The number of fused-ring (bicyclic) bond motifs is 2. The maximum Gasteiger partial charge on any atom is 0.289 e. The van der Waals surface area contributed by atoms with Gasteiger partial charge in [0.05, 0.1) is 45.9 Å². The zero-order valence-corrected chi connectivity index (χ0v) is 37.7. The molecule has 0 unspecified atom stereocenters. The number of benzene rings is 3. The number of unbranched alkanes of at least 4 members (excludes halogenated alkanes) is 9. The number of aromatic nitrogens is 1. The molecule has 1 aliphatic heterocycles. The minimum absolute atomic E-state index is 0.0140. The van der Waals surface area contributed by atoms with Gasteiger partial charge in [0, 0.05) is 44.4 Å². The summed E-state index contributed by atoms with van der Waals surface area (Å²) in [6, 6.07) is 16.5. The van der Waals surface area contributed by atoms with E-state index in [1.165, 1.54) is 80.6 Å². The van der Waals surface area contributed by atoms with E-state index in [2.05, 4.69) is 11.9 Å². The second-order valence-electron chi connectivity index (χ2n) is 15.0. The summed E-state index contributed by atoms with van der Waals surface area (Å²) >= 11 is 0. The highest BCUT2D eigenvalue weighted by Crippen LogP contribution is 2.33.